The lowest BCUT2D eigenvalue weighted by molar-refractivity contribution is -0.139. The van der Waals surface area contributed by atoms with Gasteiger partial charge in [-0.1, -0.05) is 39.8 Å². The zero-order valence-corrected chi connectivity index (χ0v) is 14.6. The molecule has 2 aromatic rings. The van der Waals surface area contributed by atoms with Crippen molar-refractivity contribution >= 4 is 39.9 Å². The number of carbonyl (C=O) groups excluding carboxylic acids is 2. The van der Waals surface area contributed by atoms with Crippen molar-refractivity contribution < 1.29 is 27.5 Å². The van der Waals surface area contributed by atoms with Crippen LogP contribution < -0.4 is 0 Å². The van der Waals surface area contributed by atoms with Gasteiger partial charge in [-0.15, -0.1) is 0 Å². The van der Waals surface area contributed by atoms with E-state index in [1.54, 1.807) is 12.1 Å². The second-order valence-corrected chi connectivity index (χ2v) is 6.54. The van der Waals surface area contributed by atoms with Gasteiger partial charge < -0.3 is 4.74 Å². The Hall–Kier alpha value is -1.80. The number of methoxy groups -OCH3 is 1. The summed E-state index contributed by atoms with van der Waals surface area (Å²) in [5.41, 5.74) is -0.956. The Bertz CT molecular complexity index is 791. The molecular formula is C16H10BrF3O3S. The van der Waals surface area contributed by atoms with Gasteiger partial charge in [0.25, 0.3) is 0 Å². The zero-order valence-electron chi connectivity index (χ0n) is 12.2. The van der Waals surface area contributed by atoms with Crippen molar-refractivity contribution in [3.8, 4) is 0 Å². The second-order valence-electron chi connectivity index (χ2n) is 4.58. The molecule has 0 heterocycles. The topological polar surface area (TPSA) is 43.4 Å². The average Bonchev–Trinajstić information content (AvgIpc) is 2.54. The molecule has 3 nitrogen and oxygen atoms in total. The molecule has 0 aromatic heterocycles. The molecule has 0 aliphatic heterocycles. The van der Waals surface area contributed by atoms with Gasteiger partial charge in [-0.3, -0.25) is 4.79 Å². The predicted molar refractivity (Wildman–Crippen MR) is 86.4 cm³/mol. The van der Waals surface area contributed by atoms with Crippen LogP contribution in [0.25, 0.3) is 0 Å². The molecule has 126 valence electrons. The standard InChI is InChI=1S/C16H10BrF3O3S/c1-23-15(22)11-4-2-3-5-13(11)24-14-9(8-21)6-10(17)7-12(14)16(18,19)20/h2-8H,1H3. The van der Waals surface area contributed by atoms with Gasteiger partial charge in [-0.2, -0.15) is 13.2 Å². The fourth-order valence-corrected chi connectivity index (χ4v) is 3.58. The molecule has 0 N–H and O–H groups in total. The predicted octanol–water partition coefficient (Wildman–Crippen LogP) is 5.22. The highest BCUT2D eigenvalue weighted by molar-refractivity contribution is 9.10. The van der Waals surface area contributed by atoms with Crippen molar-refractivity contribution in [1.29, 1.82) is 0 Å². The third-order valence-corrected chi connectivity index (χ3v) is 4.71. The number of carbonyl (C=O) groups is 2. The van der Waals surface area contributed by atoms with Gasteiger partial charge in [-0.25, -0.2) is 4.79 Å². The minimum absolute atomic E-state index is 0.123. The molecule has 0 atom stereocenters. The summed E-state index contributed by atoms with van der Waals surface area (Å²) in [5.74, 6) is -0.670. The number of alkyl halides is 3. The molecule has 0 aliphatic carbocycles. The lowest BCUT2D eigenvalue weighted by Gasteiger charge is -2.16. The minimum Gasteiger partial charge on any atom is -0.465 e. The molecule has 0 amide bonds. The van der Waals surface area contributed by atoms with Crippen LogP contribution >= 0.6 is 27.7 Å². The van der Waals surface area contributed by atoms with Crippen molar-refractivity contribution in [1.82, 2.24) is 0 Å². The number of esters is 1. The van der Waals surface area contributed by atoms with E-state index in [0.29, 0.717) is 18.0 Å². The van der Waals surface area contributed by atoms with Crippen LogP contribution in [0.5, 0.6) is 0 Å². The van der Waals surface area contributed by atoms with E-state index in [2.05, 4.69) is 20.7 Å². The monoisotopic (exact) mass is 418 g/mol. The number of halogens is 4. The number of hydrogen-bond acceptors (Lipinski definition) is 4. The van der Waals surface area contributed by atoms with E-state index in [1.807, 2.05) is 0 Å². The third-order valence-electron chi connectivity index (χ3n) is 3.02. The maximum absolute atomic E-state index is 13.3. The molecule has 2 rings (SSSR count). The van der Waals surface area contributed by atoms with Crippen LogP contribution in [0.1, 0.15) is 26.3 Å². The first-order valence-electron chi connectivity index (χ1n) is 6.49. The summed E-state index contributed by atoms with van der Waals surface area (Å²) in [7, 11) is 1.18. The summed E-state index contributed by atoms with van der Waals surface area (Å²) < 4.78 is 44.8. The van der Waals surface area contributed by atoms with Gasteiger partial charge in [0.15, 0.2) is 6.29 Å². The molecule has 0 aliphatic rings. The Kier molecular flexibility index (Phi) is 5.71. The van der Waals surface area contributed by atoms with Gasteiger partial charge in [0.05, 0.1) is 18.2 Å². The van der Waals surface area contributed by atoms with Crippen LogP contribution in [0.15, 0.2) is 50.7 Å². The number of ether oxygens (including phenoxy) is 1. The van der Waals surface area contributed by atoms with E-state index in [-0.39, 0.29) is 25.4 Å². The summed E-state index contributed by atoms with van der Waals surface area (Å²) >= 11 is 3.67. The maximum Gasteiger partial charge on any atom is 0.417 e. The first-order valence-corrected chi connectivity index (χ1v) is 8.10. The van der Waals surface area contributed by atoms with Crippen LogP contribution in [0.2, 0.25) is 0 Å². The molecule has 0 radical (unpaired) electrons. The number of hydrogen-bond donors (Lipinski definition) is 0. The molecule has 0 fully saturated rings. The van der Waals surface area contributed by atoms with Gasteiger partial charge in [-0.05, 0) is 24.3 Å². The van der Waals surface area contributed by atoms with Crippen molar-refractivity contribution in [3.63, 3.8) is 0 Å². The molecule has 0 unspecified atom stereocenters. The first kappa shape index (κ1) is 18.5. The third kappa shape index (κ3) is 3.99. The van der Waals surface area contributed by atoms with Gasteiger partial charge >= 0.3 is 12.1 Å². The van der Waals surface area contributed by atoms with Crippen LogP contribution in [-0.2, 0) is 10.9 Å². The van der Waals surface area contributed by atoms with Crippen molar-refractivity contribution in [3.05, 3.63) is 57.6 Å². The molecule has 0 bridgehead atoms. The molecule has 24 heavy (non-hydrogen) atoms. The highest BCUT2D eigenvalue weighted by Crippen LogP contribution is 2.43. The van der Waals surface area contributed by atoms with Gasteiger partial charge in [0.1, 0.15) is 0 Å². The Morgan fingerprint density at radius 3 is 2.50 bits per heavy atom. The van der Waals surface area contributed by atoms with Crippen molar-refractivity contribution in [2.75, 3.05) is 7.11 Å². The van der Waals surface area contributed by atoms with Crippen LogP contribution in [0, 0.1) is 0 Å². The normalized spacial score (nSPS) is 11.2. The van der Waals surface area contributed by atoms with E-state index in [9.17, 15) is 22.8 Å². The van der Waals surface area contributed by atoms with E-state index >= 15 is 0 Å². The summed E-state index contributed by atoms with van der Waals surface area (Å²) in [6.07, 6.45) is -4.30. The summed E-state index contributed by atoms with van der Waals surface area (Å²) in [5, 5.41) is 0. The zero-order chi connectivity index (χ0) is 17.9. The van der Waals surface area contributed by atoms with E-state index in [0.717, 1.165) is 6.07 Å². The molecular weight excluding hydrogens is 409 g/mol. The van der Waals surface area contributed by atoms with E-state index in [1.165, 1.54) is 25.3 Å². The number of benzene rings is 2. The fraction of sp³-hybridized carbons (Fsp3) is 0.125. The summed E-state index contributed by atoms with van der Waals surface area (Å²) in [4.78, 5) is 23.0. The van der Waals surface area contributed by atoms with Crippen LogP contribution in [0.3, 0.4) is 0 Å². The van der Waals surface area contributed by atoms with Crippen LogP contribution in [0.4, 0.5) is 13.2 Å². The van der Waals surface area contributed by atoms with Gasteiger partial charge in [0, 0.05) is 19.8 Å². The second kappa shape index (κ2) is 7.40. The van der Waals surface area contributed by atoms with E-state index in [4.69, 9.17) is 0 Å². The molecule has 8 heteroatoms. The Labute approximate surface area is 148 Å². The van der Waals surface area contributed by atoms with Crippen molar-refractivity contribution in [2.24, 2.45) is 0 Å². The number of rotatable bonds is 4. The summed E-state index contributed by atoms with van der Waals surface area (Å²) in [6.45, 7) is 0. The Morgan fingerprint density at radius 2 is 1.92 bits per heavy atom. The molecule has 0 spiro atoms. The lowest BCUT2D eigenvalue weighted by atomic mass is 10.1. The Morgan fingerprint density at radius 1 is 1.25 bits per heavy atom. The van der Waals surface area contributed by atoms with E-state index < -0.39 is 17.7 Å². The highest BCUT2D eigenvalue weighted by atomic mass is 79.9. The average molecular weight is 419 g/mol. The first-order chi connectivity index (χ1) is 11.3. The smallest absolute Gasteiger partial charge is 0.417 e. The van der Waals surface area contributed by atoms with Gasteiger partial charge in [0.2, 0.25) is 0 Å². The van der Waals surface area contributed by atoms with Crippen molar-refractivity contribution in [2.45, 2.75) is 16.0 Å². The quantitative estimate of drug-likeness (QED) is 0.504. The fourth-order valence-electron chi connectivity index (χ4n) is 1.97. The highest BCUT2D eigenvalue weighted by Gasteiger charge is 2.35. The lowest BCUT2D eigenvalue weighted by Crippen LogP contribution is -2.09. The maximum atomic E-state index is 13.3. The minimum atomic E-state index is -4.65. The number of aldehydes is 1. The Balaban J connectivity index is 2.62. The largest absolute Gasteiger partial charge is 0.465 e. The van der Waals surface area contributed by atoms with Crippen LogP contribution in [-0.4, -0.2) is 19.4 Å². The molecule has 0 saturated carbocycles. The molecule has 0 saturated heterocycles. The summed E-state index contributed by atoms with van der Waals surface area (Å²) in [6, 6.07) is 8.29. The molecule has 2 aromatic carbocycles. The SMILES string of the molecule is COC(=O)c1ccccc1Sc1c(C=O)cc(Br)cc1C(F)(F)F.